The van der Waals surface area contributed by atoms with Crippen LogP contribution in [0.15, 0.2) is 0 Å². The van der Waals surface area contributed by atoms with Crippen LogP contribution >= 0.6 is 0 Å². The molecule has 4 heteroatoms. The second-order valence-corrected chi connectivity index (χ2v) is 6.94. The van der Waals surface area contributed by atoms with Gasteiger partial charge in [0, 0.05) is 24.7 Å². The zero-order chi connectivity index (χ0) is 14.9. The molecule has 1 aliphatic heterocycles. The van der Waals surface area contributed by atoms with Crippen molar-refractivity contribution in [3.63, 3.8) is 0 Å². The largest absolute Gasteiger partial charge is 0.379 e. The summed E-state index contributed by atoms with van der Waals surface area (Å²) in [4.78, 5) is 2.59. The lowest BCUT2D eigenvalue weighted by Crippen LogP contribution is -2.45. The molecule has 0 aromatic carbocycles. The van der Waals surface area contributed by atoms with Crippen LogP contribution in [0.3, 0.4) is 0 Å². The zero-order valence-corrected chi connectivity index (χ0v) is 14.1. The second kappa shape index (κ2) is 9.78. The summed E-state index contributed by atoms with van der Waals surface area (Å²) in [5.74, 6) is 0. The third-order valence-corrected chi connectivity index (χ3v) is 5.01. The zero-order valence-electron chi connectivity index (χ0n) is 14.1. The Morgan fingerprint density at radius 2 is 2.10 bits per heavy atom. The Morgan fingerprint density at radius 1 is 1.29 bits per heavy atom. The van der Waals surface area contributed by atoms with Gasteiger partial charge in [-0.05, 0) is 52.7 Å². The highest BCUT2D eigenvalue weighted by atomic mass is 16.5. The number of hydrogen-bond donors (Lipinski definition) is 2. The van der Waals surface area contributed by atoms with Crippen molar-refractivity contribution in [1.82, 2.24) is 15.5 Å². The molecule has 0 spiro atoms. The van der Waals surface area contributed by atoms with Crippen molar-refractivity contribution in [2.75, 3.05) is 39.9 Å². The number of morpholine rings is 1. The molecule has 2 rings (SSSR count). The molecule has 0 bridgehead atoms. The highest BCUT2D eigenvalue weighted by molar-refractivity contribution is 4.76. The summed E-state index contributed by atoms with van der Waals surface area (Å²) in [5, 5.41) is 7.19. The van der Waals surface area contributed by atoms with Crippen LogP contribution in [0.1, 0.15) is 51.9 Å². The van der Waals surface area contributed by atoms with Crippen molar-refractivity contribution in [3.05, 3.63) is 0 Å². The fourth-order valence-corrected chi connectivity index (χ4v) is 3.66. The molecule has 1 saturated heterocycles. The quantitative estimate of drug-likeness (QED) is 0.672. The van der Waals surface area contributed by atoms with E-state index in [2.05, 4.69) is 29.5 Å². The van der Waals surface area contributed by atoms with Gasteiger partial charge in [0.05, 0.1) is 13.2 Å². The van der Waals surface area contributed by atoms with Gasteiger partial charge in [0.2, 0.25) is 0 Å². The smallest absolute Gasteiger partial charge is 0.0620 e. The second-order valence-electron chi connectivity index (χ2n) is 6.94. The van der Waals surface area contributed by atoms with E-state index in [4.69, 9.17) is 4.74 Å². The van der Waals surface area contributed by atoms with E-state index >= 15 is 0 Å². The minimum absolute atomic E-state index is 0.533. The van der Waals surface area contributed by atoms with Crippen molar-refractivity contribution in [2.45, 2.75) is 70.0 Å². The first kappa shape index (κ1) is 17.2. The molecular weight excluding hydrogens is 262 g/mol. The Bertz CT molecular complexity index is 263. The number of rotatable bonds is 8. The van der Waals surface area contributed by atoms with E-state index in [0.29, 0.717) is 12.1 Å². The minimum atomic E-state index is 0.533. The average molecular weight is 297 g/mol. The predicted octanol–water partition coefficient (Wildman–Crippen LogP) is 2.00. The Labute approximate surface area is 131 Å². The Hall–Kier alpha value is -0.160. The summed E-state index contributed by atoms with van der Waals surface area (Å²) in [6.07, 6.45) is 9.55. The van der Waals surface area contributed by atoms with Crippen LogP contribution in [0.25, 0.3) is 0 Å². The Balaban J connectivity index is 1.50. The van der Waals surface area contributed by atoms with Crippen LogP contribution in [0.5, 0.6) is 0 Å². The SMILES string of the molecule is CC(CC1COCCN1)NCCCN(C)C1CCCCC1. The third-order valence-electron chi connectivity index (χ3n) is 5.01. The molecule has 0 radical (unpaired) electrons. The first-order valence-electron chi connectivity index (χ1n) is 9.00. The Kier molecular flexibility index (Phi) is 8.01. The van der Waals surface area contributed by atoms with Gasteiger partial charge < -0.3 is 20.3 Å². The lowest BCUT2D eigenvalue weighted by Gasteiger charge is -2.31. The van der Waals surface area contributed by atoms with E-state index in [9.17, 15) is 0 Å². The number of ether oxygens (including phenoxy) is 1. The molecule has 1 aliphatic carbocycles. The fraction of sp³-hybridized carbons (Fsp3) is 1.00. The van der Waals surface area contributed by atoms with Gasteiger partial charge in [0.1, 0.15) is 0 Å². The van der Waals surface area contributed by atoms with E-state index in [0.717, 1.165) is 32.3 Å². The van der Waals surface area contributed by atoms with Crippen molar-refractivity contribution in [2.24, 2.45) is 0 Å². The monoisotopic (exact) mass is 297 g/mol. The average Bonchev–Trinajstić information content (AvgIpc) is 2.53. The molecule has 2 unspecified atom stereocenters. The van der Waals surface area contributed by atoms with Gasteiger partial charge in [0.15, 0.2) is 0 Å². The molecule has 2 atom stereocenters. The molecule has 2 N–H and O–H groups in total. The molecule has 21 heavy (non-hydrogen) atoms. The van der Waals surface area contributed by atoms with E-state index in [1.54, 1.807) is 0 Å². The van der Waals surface area contributed by atoms with Crippen molar-refractivity contribution >= 4 is 0 Å². The van der Waals surface area contributed by atoms with Crippen LogP contribution < -0.4 is 10.6 Å². The molecule has 2 fully saturated rings. The van der Waals surface area contributed by atoms with E-state index < -0.39 is 0 Å². The van der Waals surface area contributed by atoms with Gasteiger partial charge >= 0.3 is 0 Å². The maximum Gasteiger partial charge on any atom is 0.0620 e. The van der Waals surface area contributed by atoms with E-state index in [1.807, 2.05) is 0 Å². The van der Waals surface area contributed by atoms with Gasteiger partial charge in [-0.15, -0.1) is 0 Å². The standard InChI is InChI=1S/C17H35N3O/c1-15(13-16-14-21-12-10-19-16)18-9-6-11-20(2)17-7-4-3-5-8-17/h15-19H,3-14H2,1-2H3. The highest BCUT2D eigenvalue weighted by Crippen LogP contribution is 2.21. The minimum Gasteiger partial charge on any atom is -0.379 e. The molecule has 2 aliphatic rings. The highest BCUT2D eigenvalue weighted by Gasteiger charge is 2.18. The van der Waals surface area contributed by atoms with Gasteiger partial charge in [-0.25, -0.2) is 0 Å². The van der Waals surface area contributed by atoms with E-state index in [-0.39, 0.29) is 0 Å². The summed E-state index contributed by atoms with van der Waals surface area (Å²) >= 11 is 0. The summed E-state index contributed by atoms with van der Waals surface area (Å²) in [5.41, 5.74) is 0. The van der Waals surface area contributed by atoms with Crippen LogP contribution in [-0.2, 0) is 4.74 Å². The Morgan fingerprint density at radius 3 is 2.81 bits per heavy atom. The van der Waals surface area contributed by atoms with Gasteiger partial charge in [-0.1, -0.05) is 19.3 Å². The van der Waals surface area contributed by atoms with Gasteiger partial charge in [0.25, 0.3) is 0 Å². The molecule has 0 aromatic rings. The lowest BCUT2D eigenvalue weighted by atomic mass is 9.94. The normalized spacial score (nSPS) is 26.1. The lowest BCUT2D eigenvalue weighted by molar-refractivity contribution is 0.0712. The molecular formula is C17H35N3O. The maximum atomic E-state index is 5.51. The number of nitrogens with one attached hydrogen (secondary N) is 2. The van der Waals surface area contributed by atoms with Crippen LogP contribution in [0.4, 0.5) is 0 Å². The van der Waals surface area contributed by atoms with Gasteiger partial charge in [-0.3, -0.25) is 0 Å². The first-order chi connectivity index (χ1) is 10.3. The van der Waals surface area contributed by atoms with E-state index in [1.165, 1.54) is 51.5 Å². The van der Waals surface area contributed by atoms with Crippen molar-refractivity contribution in [1.29, 1.82) is 0 Å². The maximum absolute atomic E-state index is 5.51. The summed E-state index contributed by atoms with van der Waals surface area (Å²) in [6, 6.07) is 1.95. The molecule has 1 heterocycles. The topological polar surface area (TPSA) is 36.5 Å². The molecule has 1 saturated carbocycles. The van der Waals surface area contributed by atoms with Crippen LogP contribution in [0, 0.1) is 0 Å². The van der Waals surface area contributed by atoms with Crippen molar-refractivity contribution in [3.8, 4) is 0 Å². The number of nitrogens with zero attached hydrogens (tertiary/aromatic N) is 1. The molecule has 124 valence electrons. The summed E-state index contributed by atoms with van der Waals surface area (Å²) in [6.45, 7) is 7.40. The first-order valence-corrected chi connectivity index (χ1v) is 9.00. The predicted molar refractivity (Wildman–Crippen MR) is 88.8 cm³/mol. The molecule has 0 aromatic heterocycles. The summed E-state index contributed by atoms with van der Waals surface area (Å²) < 4.78 is 5.51. The molecule has 0 amide bonds. The van der Waals surface area contributed by atoms with Gasteiger partial charge in [-0.2, -0.15) is 0 Å². The summed E-state index contributed by atoms with van der Waals surface area (Å²) in [7, 11) is 2.31. The van der Waals surface area contributed by atoms with Crippen LogP contribution in [0.2, 0.25) is 0 Å². The third kappa shape index (κ3) is 6.64. The van der Waals surface area contributed by atoms with Crippen molar-refractivity contribution < 1.29 is 4.74 Å². The number of hydrogen-bond acceptors (Lipinski definition) is 4. The van der Waals surface area contributed by atoms with Crippen LogP contribution in [-0.4, -0.2) is 62.9 Å². The fourth-order valence-electron chi connectivity index (χ4n) is 3.66. The molecule has 4 nitrogen and oxygen atoms in total.